The third-order valence-corrected chi connectivity index (χ3v) is 4.25. The molecule has 0 aromatic heterocycles. The number of rotatable bonds is 9. The van der Waals surface area contributed by atoms with Crippen LogP contribution in [0.25, 0.3) is 0 Å². The van der Waals surface area contributed by atoms with Gasteiger partial charge in [-0.15, -0.1) is 0 Å². The second-order valence-electron chi connectivity index (χ2n) is 8.12. The molecule has 0 bridgehead atoms. The number of carbonyl (C=O) groups excluding carboxylic acids is 4. The Morgan fingerprint density at radius 1 is 1.16 bits per heavy atom. The fraction of sp³-hybridized carbons (Fsp3) is 0.545. The minimum atomic E-state index is -1.20. The smallest absolute Gasteiger partial charge is 0.408 e. The normalized spacial score (nSPS) is 12.8. The SMILES string of the molecule is CCOC(=O)CCNC(=O)C(c1ccccc1O)N(C)C(=O)C(C)NC(=O)OC(C)(C)C. The first kappa shape index (κ1) is 26.7. The highest BCUT2D eigenvalue weighted by Gasteiger charge is 2.33. The molecule has 0 fully saturated rings. The highest BCUT2D eigenvalue weighted by atomic mass is 16.6. The molecule has 3 N–H and O–H groups in total. The molecule has 2 atom stereocenters. The van der Waals surface area contributed by atoms with Crippen LogP contribution in [0.4, 0.5) is 4.79 Å². The maximum absolute atomic E-state index is 13.0. The van der Waals surface area contributed by atoms with Crippen molar-refractivity contribution in [3.8, 4) is 5.75 Å². The summed E-state index contributed by atoms with van der Waals surface area (Å²) in [6.07, 6.45) is -0.814. The second-order valence-corrected chi connectivity index (χ2v) is 8.12. The van der Waals surface area contributed by atoms with E-state index < -0.39 is 41.6 Å². The van der Waals surface area contributed by atoms with Crippen molar-refractivity contribution in [2.75, 3.05) is 20.2 Å². The number of para-hydroxylation sites is 1. The largest absolute Gasteiger partial charge is 0.508 e. The van der Waals surface area contributed by atoms with Crippen LogP contribution in [0.3, 0.4) is 0 Å². The molecule has 0 heterocycles. The van der Waals surface area contributed by atoms with Crippen LogP contribution >= 0.6 is 0 Å². The molecule has 0 saturated heterocycles. The van der Waals surface area contributed by atoms with Gasteiger partial charge in [0.25, 0.3) is 0 Å². The first-order valence-electron chi connectivity index (χ1n) is 10.3. The van der Waals surface area contributed by atoms with E-state index in [1.807, 2.05) is 0 Å². The van der Waals surface area contributed by atoms with Crippen LogP contribution in [0.1, 0.15) is 52.6 Å². The maximum Gasteiger partial charge on any atom is 0.408 e. The fourth-order valence-electron chi connectivity index (χ4n) is 2.84. The number of carbonyl (C=O) groups is 4. The van der Waals surface area contributed by atoms with Gasteiger partial charge in [0.05, 0.1) is 13.0 Å². The van der Waals surface area contributed by atoms with Crippen molar-refractivity contribution in [1.82, 2.24) is 15.5 Å². The summed E-state index contributed by atoms with van der Waals surface area (Å²) in [5.41, 5.74) is -0.544. The highest BCUT2D eigenvalue weighted by molar-refractivity contribution is 5.92. The van der Waals surface area contributed by atoms with Crippen LogP contribution in [-0.4, -0.2) is 65.7 Å². The van der Waals surface area contributed by atoms with Gasteiger partial charge < -0.3 is 30.1 Å². The molecule has 0 saturated carbocycles. The van der Waals surface area contributed by atoms with Gasteiger partial charge in [-0.05, 0) is 40.7 Å². The van der Waals surface area contributed by atoms with Crippen LogP contribution in [0.5, 0.6) is 5.75 Å². The summed E-state index contributed by atoms with van der Waals surface area (Å²) >= 11 is 0. The number of hydrogen-bond donors (Lipinski definition) is 3. The standard InChI is InChI=1S/C22H33N3O7/c1-7-31-17(27)12-13-23-19(28)18(15-10-8-9-11-16(15)26)25(6)20(29)14(2)24-21(30)32-22(3,4)5/h8-11,14,18,26H,7,12-13H2,1-6H3,(H,23,28)(H,24,30). The Morgan fingerprint density at radius 3 is 2.34 bits per heavy atom. The Kier molecular flexibility index (Phi) is 9.96. The molecule has 178 valence electrons. The van der Waals surface area contributed by atoms with Crippen molar-refractivity contribution >= 4 is 23.9 Å². The Labute approximate surface area is 188 Å². The molecular weight excluding hydrogens is 418 g/mol. The topological polar surface area (TPSA) is 134 Å². The van der Waals surface area contributed by atoms with E-state index >= 15 is 0 Å². The zero-order chi connectivity index (χ0) is 24.5. The third kappa shape index (κ3) is 8.44. The van der Waals surface area contributed by atoms with Gasteiger partial charge in [-0.25, -0.2) is 4.79 Å². The van der Waals surface area contributed by atoms with E-state index in [9.17, 15) is 24.3 Å². The van der Waals surface area contributed by atoms with Gasteiger partial charge in [-0.3, -0.25) is 14.4 Å². The Morgan fingerprint density at radius 2 is 1.78 bits per heavy atom. The zero-order valence-corrected chi connectivity index (χ0v) is 19.4. The first-order valence-corrected chi connectivity index (χ1v) is 10.3. The van der Waals surface area contributed by atoms with E-state index in [1.165, 1.54) is 26.1 Å². The van der Waals surface area contributed by atoms with E-state index in [-0.39, 0.29) is 30.9 Å². The molecule has 0 aliphatic heterocycles. The van der Waals surface area contributed by atoms with Crippen LogP contribution in [0.2, 0.25) is 0 Å². The lowest BCUT2D eigenvalue weighted by molar-refractivity contribution is -0.143. The molecule has 10 heteroatoms. The summed E-state index contributed by atoms with van der Waals surface area (Å²) in [4.78, 5) is 50.6. The predicted octanol–water partition coefficient (Wildman–Crippen LogP) is 1.87. The monoisotopic (exact) mass is 451 g/mol. The molecule has 0 aliphatic carbocycles. The number of nitrogens with zero attached hydrogens (tertiary/aromatic N) is 1. The number of benzene rings is 1. The number of nitrogens with one attached hydrogen (secondary N) is 2. The fourth-order valence-corrected chi connectivity index (χ4v) is 2.84. The minimum absolute atomic E-state index is 0.00446. The zero-order valence-electron chi connectivity index (χ0n) is 19.4. The van der Waals surface area contributed by atoms with Crippen molar-refractivity contribution in [2.24, 2.45) is 0 Å². The molecule has 0 radical (unpaired) electrons. The Bertz CT molecular complexity index is 820. The number of phenolic OH excluding ortho intramolecular Hbond substituents is 1. The van der Waals surface area contributed by atoms with Crippen molar-refractivity contribution in [3.63, 3.8) is 0 Å². The first-order chi connectivity index (χ1) is 14.9. The minimum Gasteiger partial charge on any atom is -0.508 e. The number of ether oxygens (including phenoxy) is 2. The van der Waals surface area contributed by atoms with Gasteiger partial charge in [0.1, 0.15) is 23.4 Å². The molecule has 0 aliphatic rings. The van der Waals surface area contributed by atoms with Gasteiger partial charge in [0.2, 0.25) is 11.8 Å². The number of likely N-dealkylation sites (N-methyl/N-ethyl adjacent to an activating group) is 1. The Hall–Kier alpha value is -3.30. The molecule has 1 rings (SSSR count). The summed E-state index contributed by atoms with van der Waals surface area (Å²) in [7, 11) is 1.39. The predicted molar refractivity (Wildman–Crippen MR) is 117 cm³/mol. The summed E-state index contributed by atoms with van der Waals surface area (Å²) < 4.78 is 9.99. The van der Waals surface area contributed by atoms with Gasteiger partial charge in [0, 0.05) is 19.2 Å². The van der Waals surface area contributed by atoms with E-state index in [1.54, 1.807) is 39.8 Å². The Balaban J connectivity index is 3.00. The molecule has 0 spiro atoms. The van der Waals surface area contributed by atoms with Crippen molar-refractivity contribution in [2.45, 2.75) is 58.7 Å². The number of hydrogen-bond acceptors (Lipinski definition) is 7. The van der Waals surface area contributed by atoms with Crippen molar-refractivity contribution in [1.29, 1.82) is 0 Å². The molecule has 3 amide bonds. The second kappa shape index (κ2) is 11.9. The van der Waals surface area contributed by atoms with Crippen LogP contribution in [0.15, 0.2) is 24.3 Å². The molecule has 1 aromatic carbocycles. The average Bonchev–Trinajstić information content (AvgIpc) is 2.67. The number of alkyl carbamates (subject to hydrolysis) is 1. The number of esters is 1. The number of phenols is 1. The summed E-state index contributed by atoms with van der Waals surface area (Å²) in [6.45, 7) is 8.45. The highest BCUT2D eigenvalue weighted by Crippen LogP contribution is 2.28. The lowest BCUT2D eigenvalue weighted by Crippen LogP contribution is -2.50. The lowest BCUT2D eigenvalue weighted by atomic mass is 10.0. The summed E-state index contributed by atoms with van der Waals surface area (Å²) in [5.74, 6) is -1.82. The van der Waals surface area contributed by atoms with E-state index in [0.717, 1.165) is 4.90 Å². The summed E-state index contributed by atoms with van der Waals surface area (Å²) in [5, 5.41) is 15.3. The molecule has 1 aromatic rings. The van der Waals surface area contributed by atoms with Gasteiger partial charge >= 0.3 is 12.1 Å². The van der Waals surface area contributed by atoms with Gasteiger partial charge in [-0.1, -0.05) is 18.2 Å². The average molecular weight is 452 g/mol. The number of aromatic hydroxyl groups is 1. The quantitative estimate of drug-likeness (QED) is 0.488. The summed E-state index contributed by atoms with van der Waals surface area (Å²) in [6, 6.07) is 3.91. The van der Waals surface area contributed by atoms with Crippen LogP contribution in [-0.2, 0) is 23.9 Å². The van der Waals surface area contributed by atoms with Gasteiger partial charge in [-0.2, -0.15) is 0 Å². The van der Waals surface area contributed by atoms with Crippen LogP contribution < -0.4 is 10.6 Å². The van der Waals surface area contributed by atoms with Crippen LogP contribution in [0, 0.1) is 0 Å². The lowest BCUT2D eigenvalue weighted by Gasteiger charge is -2.30. The van der Waals surface area contributed by atoms with Crippen molar-refractivity contribution in [3.05, 3.63) is 29.8 Å². The molecular formula is C22H33N3O7. The molecule has 32 heavy (non-hydrogen) atoms. The van der Waals surface area contributed by atoms with E-state index in [2.05, 4.69) is 10.6 Å². The van der Waals surface area contributed by atoms with Gasteiger partial charge in [0.15, 0.2) is 0 Å². The maximum atomic E-state index is 13.0. The van der Waals surface area contributed by atoms with E-state index in [4.69, 9.17) is 9.47 Å². The molecule has 2 unspecified atom stereocenters. The third-order valence-electron chi connectivity index (χ3n) is 4.25. The van der Waals surface area contributed by atoms with Crippen molar-refractivity contribution < 1.29 is 33.8 Å². The molecule has 10 nitrogen and oxygen atoms in total. The van der Waals surface area contributed by atoms with E-state index in [0.29, 0.717) is 0 Å². The number of amides is 3.